The van der Waals surface area contributed by atoms with E-state index in [2.05, 4.69) is 10.2 Å². The quantitative estimate of drug-likeness (QED) is 0.389. The molecule has 0 radical (unpaired) electrons. The molecular weight excluding hydrogens is 432 g/mol. The number of imidazole rings is 1. The van der Waals surface area contributed by atoms with Crippen LogP contribution in [0.25, 0.3) is 22.2 Å². The van der Waals surface area contributed by atoms with E-state index in [9.17, 15) is 9.90 Å². The van der Waals surface area contributed by atoms with E-state index < -0.39 is 5.97 Å². The van der Waals surface area contributed by atoms with Crippen LogP contribution in [-0.2, 0) is 6.54 Å². The van der Waals surface area contributed by atoms with Crippen LogP contribution < -0.4 is 9.47 Å². The first-order valence-electron chi connectivity index (χ1n) is 11.2. The second kappa shape index (κ2) is 9.51. The molecule has 0 unspecified atom stereocenters. The van der Waals surface area contributed by atoms with E-state index in [1.165, 1.54) is 0 Å². The van der Waals surface area contributed by atoms with Crippen molar-refractivity contribution < 1.29 is 19.4 Å². The van der Waals surface area contributed by atoms with Crippen LogP contribution in [-0.4, -0.2) is 43.0 Å². The average molecular weight is 461 g/mol. The van der Waals surface area contributed by atoms with E-state index in [-0.39, 0.29) is 17.8 Å². The zero-order valence-corrected chi connectivity index (χ0v) is 19.9. The summed E-state index contributed by atoms with van der Waals surface area (Å²) in [7, 11) is 0. The van der Waals surface area contributed by atoms with Gasteiger partial charge in [-0.25, -0.2) is 9.78 Å². The van der Waals surface area contributed by atoms with Crippen LogP contribution in [0.15, 0.2) is 48.5 Å². The molecule has 4 rings (SSSR count). The number of carboxylic acids is 1. The van der Waals surface area contributed by atoms with E-state index in [0.29, 0.717) is 29.4 Å². The fourth-order valence-corrected chi connectivity index (χ4v) is 3.81. The van der Waals surface area contributed by atoms with Gasteiger partial charge in [0.15, 0.2) is 5.52 Å². The number of benzene rings is 2. The first-order valence-corrected chi connectivity index (χ1v) is 11.2. The van der Waals surface area contributed by atoms with Crippen LogP contribution in [0.4, 0.5) is 0 Å². The van der Waals surface area contributed by atoms with Crippen molar-refractivity contribution in [2.45, 2.75) is 53.4 Å². The number of hydrogen-bond acceptors (Lipinski definition) is 6. The molecule has 34 heavy (non-hydrogen) atoms. The molecule has 2 aromatic heterocycles. The van der Waals surface area contributed by atoms with Crippen molar-refractivity contribution in [3.63, 3.8) is 0 Å². The summed E-state index contributed by atoms with van der Waals surface area (Å²) in [6.45, 7) is 10.2. The highest BCUT2D eigenvalue weighted by molar-refractivity contribution is 5.96. The minimum Gasteiger partial charge on any atom is -0.478 e. The van der Waals surface area contributed by atoms with Gasteiger partial charge in [0, 0.05) is 6.54 Å². The lowest BCUT2D eigenvalue weighted by molar-refractivity contribution is 0.0697. The summed E-state index contributed by atoms with van der Waals surface area (Å²) in [5.74, 6) is 0.628. The summed E-state index contributed by atoms with van der Waals surface area (Å²) in [5, 5.41) is 18.0. The molecule has 176 valence electrons. The van der Waals surface area contributed by atoms with Gasteiger partial charge in [-0.3, -0.25) is 0 Å². The third-order valence-electron chi connectivity index (χ3n) is 5.25. The lowest BCUT2D eigenvalue weighted by Crippen LogP contribution is -2.12. The van der Waals surface area contributed by atoms with Gasteiger partial charge < -0.3 is 19.1 Å². The molecule has 0 aliphatic rings. The highest BCUT2D eigenvalue weighted by Gasteiger charge is 2.21. The van der Waals surface area contributed by atoms with Crippen molar-refractivity contribution in [2.75, 3.05) is 0 Å². The maximum atomic E-state index is 11.6. The number of carbonyl (C=O) groups is 1. The van der Waals surface area contributed by atoms with Gasteiger partial charge >= 0.3 is 5.97 Å². The Morgan fingerprint density at radius 1 is 0.941 bits per heavy atom. The number of hydrogen-bond donors (Lipinski definition) is 1. The third kappa shape index (κ3) is 4.71. The number of fused-ring (bicyclic) bond motifs is 1. The third-order valence-corrected chi connectivity index (χ3v) is 5.25. The second-order valence-corrected chi connectivity index (χ2v) is 8.63. The normalized spacial score (nSPS) is 11.4. The van der Waals surface area contributed by atoms with Crippen molar-refractivity contribution in [1.29, 1.82) is 0 Å². The number of carboxylic acid groups (broad SMARTS) is 1. The molecular formula is C26H28N4O4. The Hall–Kier alpha value is -3.94. The van der Waals surface area contributed by atoms with Crippen LogP contribution in [0.1, 0.15) is 49.4 Å². The molecule has 0 fully saturated rings. The van der Waals surface area contributed by atoms with Gasteiger partial charge in [-0.05, 0) is 57.4 Å². The van der Waals surface area contributed by atoms with Crippen LogP contribution >= 0.6 is 0 Å². The molecule has 2 heterocycles. The molecule has 8 nitrogen and oxygen atoms in total. The fraction of sp³-hybridized carbons (Fsp3) is 0.308. The van der Waals surface area contributed by atoms with Crippen LogP contribution in [0.2, 0.25) is 0 Å². The summed E-state index contributed by atoms with van der Waals surface area (Å²) in [4.78, 5) is 16.3. The Morgan fingerprint density at radius 2 is 1.56 bits per heavy atom. The molecule has 0 atom stereocenters. The molecule has 0 saturated heterocycles. The largest absolute Gasteiger partial charge is 0.478 e. The molecule has 4 aromatic rings. The maximum Gasteiger partial charge on any atom is 0.336 e. The monoisotopic (exact) mass is 460 g/mol. The van der Waals surface area contributed by atoms with E-state index in [4.69, 9.17) is 14.5 Å². The minimum absolute atomic E-state index is 0.0685. The lowest BCUT2D eigenvalue weighted by Gasteiger charge is -2.14. The predicted molar refractivity (Wildman–Crippen MR) is 130 cm³/mol. The number of rotatable bonds is 8. The first-order chi connectivity index (χ1) is 16.2. The standard InChI is InChI=1S/C26H28N4O4/c1-15(2)33-24-22-23(25(29-28-24)34-16(3)4)30(17(5)27-22)14-18-10-12-19(13-11-18)20-8-6-7-9-21(20)26(31)32/h6-13,15-16H,14H2,1-5H3,(H,31,32). The summed E-state index contributed by atoms with van der Waals surface area (Å²) in [5.41, 5.74) is 4.18. The highest BCUT2D eigenvalue weighted by Crippen LogP contribution is 2.32. The van der Waals surface area contributed by atoms with Crippen LogP contribution in [0.3, 0.4) is 0 Å². The molecule has 0 aliphatic carbocycles. The number of aromatic nitrogens is 4. The SMILES string of the molecule is Cc1nc2c(OC(C)C)nnc(OC(C)C)c2n1Cc1ccc(-c2ccccc2C(=O)O)cc1. The molecule has 0 aliphatic heterocycles. The van der Waals surface area contributed by atoms with Crippen molar-refractivity contribution in [2.24, 2.45) is 0 Å². The molecule has 8 heteroatoms. The van der Waals surface area contributed by atoms with Gasteiger partial charge in [0.05, 0.1) is 17.8 Å². The molecule has 2 aromatic carbocycles. The number of ether oxygens (including phenoxy) is 2. The topological polar surface area (TPSA) is 99.4 Å². The smallest absolute Gasteiger partial charge is 0.336 e. The Kier molecular flexibility index (Phi) is 6.49. The van der Waals surface area contributed by atoms with Gasteiger partial charge in [-0.1, -0.05) is 42.5 Å². The van der Waals surface area contributed by atoms with E-state index >= 15 is 0 Å². The Morgan fingerprint density at radius 3 is 2.21 bits per heavy atom. The van der Waals surface area contributed by atoms with Gasteiger partial charge in [0.2, 0.25) is 0 Å². The molecule has 0 saturated carbocycles. The maximum absolute atomic E-state index is 11.6. The molecule has 1 N–H and O–H groups in total. The Labute approximate surface area is 198 Å². The fourth-order valence-electron chi connectivity index (χ4n) is 3.81. The Balaban J connectivity index is 1.73. The summed E-state index contributed by atoms with van der Waals surface area (Å²) in [6.07, 6.45) is -0.146. The number of aryl methyl sites for hydroxylation is 1. The second-order valence-electron chi connectivity index (χ2n) is 8.63. The Bertz CT molecular complexity index is 1330. The van der Waals surface area contributed by atoms with Crippen molar-refractivity contribution in [3.05, 3.63) is 65.5 Å². The first kappa shape index (κ1) is 23.2. The van der Waals surface area contributed by atoms with Crippen LogP contribution in [0.5, 0.6) is 11.8 Å². The summed E-state index contributed by atoms with van der Waals surface area (Å²) in [6, 6.07) is 14.8. The number of aromatic carboxylic acids is 1. The van der Waals surface area contributed by atoms with Gasteiger partial charge in [0.25, 0.3) is 11.8 Å². The van der Waals surface area contributed by atoms with Crippen LogP contribution in [0, 0.1) is 6.92 Å². The van der Waals surface area contributed by atoms with E-state index in [0.717, 1.165) is 22.5 Å². The zero-order chi connectivity index (χ0) is 24.4. The minimum atomic E-state index is -0.946. The highest BCUT2D eigenvalue weighted by atomic mass is 16.5. The van der Waals surface area contributed by atoms with Crippen molar-refractivity contribution >= 4 is 17.0 Å². The van der Waals surface area contributed by atoms with E-state index in [1.807, 2.05) is 75.6 Å². The van der Waals surface area contributed by atoms with Crippen molar-refractivity contribution in [3.8, 4) is 22.9 Å². The van der Waals surface area contributed by atoms with Crippen molar-refractivity contribution in [1.82, 2.24) is 19.7 Å². The average Bonchev–Trinajstić information content (AvgIpc) is 3.12. The molecule has 0 bridgehead atoms. The number of nitrogens with zero attached hydrogens (tertiary/aromatic N) is 4. The summed E-state index contributed by atoms with van der Waals surface area (Å²) < 4.78 is 13.8. The van der Waals surface area contributed by atoms with Gasteiger partial charge in [-0.15, -0.1) is 10.2 Å². The predicted octanol–water partition coefficient (Wildman–Crippen LogP) is 5.12. The lowest BCUT2D eigenvalue weighted by atomic mass is 9.99. The van der Waals surface area contributed by atoms with Gasteiger partial charge in [-0.2, -0.15) is 0 Å². The molecule has 0 amide bonds. The summed E-state index contributed by atoms with van der Waals surface area (Å²) >= 11 is 0. The van der Waals surface area contributed by atoms with Gasteiger partial charge in [0.1, 0.15) is 11.3 Å². The van der Waals surface area contributed by atoms with E-state index in [1.54, 1.807) is 12.1 Å². The molecule has 0 spiro atoms. The zero-order valence-electron chi connectivity index (χ0n) is 19.9.